The van der Waals surface area contributed by atoms with Crippen LogP contribution >= 0.6 is 11.6 Å². The molecule has 0 aliphatic carbocycles. The number of alkyl halides is 1. The van der Waals surface area contributed by atoms with Crippen molar-refractivity contribution in [1.29, 1.82) is 0 Å². The summed E-state index contributed by atoms with van der Waals surface area (Å²) in [5, 5.41) is 0. The molecular formula is C11H13ClO. The molecule has 13 heavy (non-hydrogen) atoms. The Morgan fingerprint density at radius 3 is 2.62 bits per heavy atom. The number of ether oxygens (including phenoxy) is 1. The first-order chi connectivity index (χ1) is 6.30. The van der Waals surface area contributed by atoms with Gasteiger partial charge in [0.15, 0.2) is 0 Å². The van der Waals surface area contributed by atoms with E-state index in [9.17, 15) is 0 Å². The zero-order valence-corrected chi connectivity index (χ0v) is 8.47. The minimum absolute atomic E-state index is 0.526. The molecule has 0 saturated heterocycles. The number of hydrogen-bond donors (Lipinski definition) is 0. The number of rotatable bonds is 4. The summed E-state index contributed by atoms with van der Waals surface area (Å²) in [5.41, 5.74) is 3.33. The van der Waals surface area contributed by atoms with Gasteiger partial charge in [-0.25, -0.2) is 0 Å². The molecule has 0 amide bonds. The molecule has 0 atom stereocenters. The number of methoxy groups -OCH3 is 1. The highest BCUT2D eigenvalue weighted by molar-refractivity contribution is 6.17. The maximum Gasteiger partial charge on any atom is 0.0713 e. The van der Waals surface area contributed by atoms with E-state index in [0.29, 0.717) is 12.5 Å². The van der Waals surface area contributed by atoms with Crippen LogP contribution in [0.15, 0.2) is 24.8 Å². The van der Waals surface area contributed by atoms with Crippen molar-refractivity contribution in [2.24, 2.45) is 0 Å². The molecule has 0 fully saturated rings. The Hall–Kier alpha value is -0.790. The molecule has 1 aromatic rings. The fourth-order valence-electron chi connectivity index (χ4n) is 1.24. The second-order valence-corrected chi connectivity index (χ2v) is 3.12. The van der Waals surface area contributed by atoms with E-state index in [1.165, 1.54) is 0 Å². The highest BCUT2D eigenvalue weighted by Crippen LogP contribution is 2.14. The summed E-state index contributed by atoms with van der Waals surface area (Å²) >= 11 is 5.75. The molecule has 0 saturated carbocycles. The van der Waals surface area contributed by atoms with Crippen molar-refractivity contribution < 1.29 is 4.74 Å². The third kappa shape index (κ3) is 2.87. The van der Waals surface area contributed by atoms with Crippen LogP contribution in [0.2, 0.25) is 0 Å². The summed E-state index contributed by atoms with van der Waals surface area (Å²) < 4.78 is 5.05. The second-order valence-electron chi connectivity index (χ2n) is 2.85. The van der Waals surface area contributed by atoms with E-state index in [0.717, 1.165) is 16.7 Å². The normalized spacial score (nSPS) is 10.0. The molecule has 1 aromatic carbocycles. The molecule has 0 aromatic heterocycles. The van der Waals surface area contributed by atoms with Crippen LogP contribution in [-0.4, -0.2) is 7.11 Å². The average molecular weight is 197 g/mol. The number of hydrogen-bond acceptors (Lipinski definition) is 1. The zero-order chi connectivity index (χ0) is 9.68. The molecule has 1 nitrogen and oxygen atoms in total. The lowest BCUT2D eigenvalue weighted by atomic mass is 10.1. The Morgan fingerprint density at radius 2 is 2.08 bits per heavy atom. The van der Waals surface area contributed by atoms with E-state index in [4.69, 9.17) is 16.3 Å². The lowest BCUT2D eigenvalue weighted by molar-refractivity contribution is 0.185. The smallest absolute Gasteiger partial charge is 0.0713 e. The van der Waals surface area contributed by atoms with Crippen molar-refractivity contribution in [3.63, 3.8) is 0 Å². The van der Waals surface area contributed by atoms with Gasteiger partial charge in [0.2, 0.25) is 0 Å². The van der Waals surface area contributed by atoms with E-state index in [1.807, 2.05) is 24.3 Å². The van der Waals surface area contributed by atoms with Crippen LogP contribution in [0, 0.1) is 0 Å². The molecule has 0 radical (unpaired) electrons. The van der Waals surface area contributed by atoms with Crippen LogP contribution in [0.1, 0.15) is 16.7 Å². The number of benzene rings is 1. The first-order valence-electron chi connectivity index (χ1n) is 4.10. The lowest BCUT2D eigenvalue weighted by Crippen LogP contribution is -1.90. The van der Waals surface area contributed by atoms with Gasteiger partial charge in [-0.2, -0.15) is 0 Å². The molecule has 0 aliphatic heterocycles. The largest absolute Gasteiger partial charge is 0.380 e. The van der Waals surface area contributed by atoms with Crippen LogP contribution in [0.3, 0.4) is 0 Å². The molecule has 0 heterocycles. The van der Waals surface area contributed by atoms with Crippen molar-refractivity contribution in [2.45, 2.75) is 12.5 Å². The molecule has 1 rings (SSSR count). The van der Waals surface area contributed by atoms with Crippen molar-refractivity contribution >= 4 is 17.7 Å². The van der Waals surface area contributed by atoms with Gasteiger partial charge < -0.3 is 4.74 Å². The maximum atomic E-state index is 5.75. The van der Waals surface area contributed by atoms with E-state index < -0.39 is 0 Å². The van der Waals surface area contributed by atoms with E-state index in [2.05, 4.69) is 6.58 Å². The fourth-order valence-corrected chi connectivity index (χ4v) is 1.39. The predicted octanol–water partition coefficient (Wildman–Crippen LogP) is 3.21. The van der Waals surface area contributed by atoms with Gasteiger partial charge in [0.05, 0.1) is 6.61 Å². The predicted molar refractivity (Wildman–Crippen MR) is 56.8 cm³/mol. The molecule has 70 valence electrons. The highest BCUT2D eigenvalue weighted by atomic mass is 35.5. The summed E-state index contributed by atoms with van der Waals surface area (Å²) in [6.45, 7) is 4.34. The van der Waals surface area contributed by atoms with Gasteiger partial charge in [-0.1, -0.05) is 24.8 Å². The van der Waals surface area contributed by atoms with Crippen LogP contribution in [0.25, 0.3) is 6.08 Å². The Balaban J connectivity index is 2.99. The maximum absolute atomic E-state index is 5.75. The van der Waals surface area contributed by atoms with Crippen LogP contribution in [-0.2, 0) is 17.2 Å². The highest BCUT2D eigenvalue weighted by Gasteiger charge is 1.97. The average Bonchev–Trinajstić information content (AvgIpc) is 2.17. The molecule has 0 N–H and O–H groups in total. The summed E-state index contributed by atoms with van der Waals surface area (Å²) in [7, 11) is 1.68. The summed E-state index contributed by atoms with van der Waals surface area (Å²) in [6, 6.07) is 6.12. The Kier molecular flexibility index (Phi) is 4.00. The summed E-state index contributed by atoms with van der Waals surface area (Å²) in [6.07, 6.45) is 1.81. The molecule has 0 aliphatic rings. The standard InChI is InChI=1S/C11H13ClO/c1-3-9-4-10(7-12)6-11(5-9)8-13-2/h3-6H,1,7-8H2,2H3. The molecule has 2 heteroatoms. The van der Waals surface area contributed by atoms with Gasteiger partial charge in [0.25, 0.3) is 0 Å². The molecule has 0 unspecified atom stereocenters. The molecule has 0 spiro atoms. The third-order valence-electron chi connectivity index (χ3n) is 1.78. The number of halogens is 1. The van der Waals surface area contributed by atoms with Gasteiger partial charge >= 0.3 is 0 Å². The zero-order valence-electron chi connectivity index (χ0n) is 7.72. The van der Waals surface area contributed by atoms with Crippen LogP contribution in [0.4, 0.5) is 0 Å². The van der Waals surface area contributed by atoms with Crippen LogP contribution < -0.4 is 0 Å². The first kappa shape index (κ1) is 10.3. The Bertz CT molecular complexity index is 294. The summed E-state index contributed by atoms with van der Waals surface area (Å²) in [4.78, 5) is 0. The van der Waals surface area contributed by atoms with Gasteiger partial charge in [0, 0.05) is 13.0 Å². The molecule has 0 bridgehead atoms. The third-order valence-corrected chi connectivity index (χ3v) is 2.08. The van der Waals surface area contributed by atoms with Crippen molar-refractivity contribution in [3.05, 3.63) is 41.5 Å². The monoisotopic (exact) mass is 196 g/mol. The van der Waals surface area contributed by atoms with Gasteiger partial charge in [-0.05, 0) is 22.8 Å². The van der Waals surface area contributed by atoms with Gasteiger partial charge in [-0.3, -0.25) is 0 Å². The lowest BCUT2D eigenvalue weighted by Gasteiger charge is -2.04. The van der Waals surface area contributed by atoms with Crippen molar-refractivity contribution in [1.82, 2.24) is 0 Å². The second kappa shape index (κ2) is 5.05. The minimum Gasteiger partial charge on any atom is -0.380 e. The quantitative estimate of drug-likeness (QED) is 0.672. The minimum atomic E-state index is 0.526. The fraction of sp³-hybridized carbons (Fsp3) is 0.273. The Morgan fingerprint density at radius 1 is 1.38 bits per heavy atom. The van der Waals surface area contributed by atoms with Gasteiger partial charge in [-0.15, -0.1) is 11.6 Å². The van der Waals surface area contributed by atoms with E-state index in [1.54, 1.807) is 7.11 Å². The molecular weight excluding hydrogens is 184 g/mol. The summed E-state index contributed by atoms with van der Waals surface area (Å²) in [5.74, 6) is 0.526. The Labute approximate surface area is 84.0 Å². The van der Waals surface area contributed by atoms with Gasteiger partial charge in [0.1, 0.15) is 0 Å². The van der Waals surface area contributed by atoms with Crippen molar-refractivity contribution in [3.8, 4) is 0 Å². The van der Waals surface area contributed by atoms with Crippen molar-refractivity contribution in [2.75, 3.05) is 7.11 Å². The van der Waals surface area contributed by atoms with Crippen LogP contribution in [0.5, 0.6) is 0 Å². The van der Waals surface area contributed by atoms with E-state index in [-0.39, 0.29) is 0 Å². The topological polar surface area (TPSA) is 9.23 Å². The van der Waals surface area contributed by atoms with E-state index >= 15 is 0 Å². The first-order valence-corrected chi connectivity index (χ1v) is 4.63. The SMILES string of the molecule is C=Cc1cc(CCl)cc(COC)c1.